The maximum absolute atomic E-state index is 12.3. The van der Waals surface area contributed by atoms with Crippen LogP contribution in [-0.2, 0) is 20.9 Å². The molecule has 1 fully saturated rings. The standard InChI is InChI=1S/C17H23NO4/c1-12(2)16(19)15-9-14(21-3)10-18(15)17(20)22-11-13-7-5-4-6-8-13/h4-8,12,14-15H,9-11H2,1-3H3/t14-,15+/m1/s1. The molecule has 0 aromatic heterocycles. The van der Waals surface area contributed by atoms with Crippen molar-refractivity contribution in [3.05, 3.63) is 35.9 Å². The first-order valence-electron chi connectivity index (χ1n) is 7.56. The van der Waals surface area contributed by atoms with Crippen molar-refractivity contribution in [2.45, 2.75) is 39.0 Å². The number of amides is 1. The van der Waals surface area contributed by atoms with Crippen molar-refractivity contribution in [2.75, 3.05) is 13.7 Å². The van der Waals surface area contributed by atoms with Crippen LogP contribution in [0.15, 0.2) is 30.3 Å². The average molecular weight is 305 g/mol. The number of Topliss-reactive ketones (excluding diaryl/α,β-unsaturated/α-hetero) is 1. The lowest BCUT2D eigenvalue weighted by atomic mass is 9.99. The number of nitrogens with zero attached hydrogens (tertiary/aromatic N) is 1. The van der Waals surface area contributed by atoms with Gasteiger partial charge in [0.25, 0.3) is 0 Å². The fraction of sp³-hybridized carbons (Fsp3) is 0.529. The van der Waals surface area contributed by atoms with Crippen molar-refractivity contribution in [3.8, 4) is 0 Å². The van der Waals surface area contributed by atoms with E-state index in [4.69, 9.17) is 9.47 Å². The lowest BCUT2D eigenvalue weighted by Gasteiger charge is -2.24. The zero-order chi connectivity index (χ0) is 16.1. The second-order valence-electron chi connectivity index (χ2n) is 5.86. The predicted octanol–water partition coefficient (Wildman–Crippen LogP) is 2.64. The molecule has 5 heteroatoms. The summed E-state index contributed by atoms with van der Waals surface area (Å²) in [7, 11) is 1.60. The van der Waals surface area contributed by atoms with Gasteiger partial charge in [0.2, 0.25) is 0 Å². The molecule has 0 unspecified atom stereocenters. The summed E-state index contributed by atoms with van der Waals surface area (Å²) in [5, 5.41) is 0. The molecule has 120 valence electrons. The van der Waals surface area contributed by atoms with E-state index in [0.717, 1.165) is 5.56 Å². The second-order valence-corrected chi connectivity index (χ2v) is 5.86. The van der Waals surface area contributed by atoms with Gasteiger partial charge in [-0.05, 0) is 5.56 Å². The van der Waals surface area contributed by atoms with Crippen molar-refractivity contribution in [1.29, 1.82) is 0 Å². The highest BCUT2D eigenvalue weighted by Gasteiger charge is 2.41. The van der Waals surface area contributed by atoms with E-state index in [1.807, 2.05) is 44.2 Å². The van der Waals surface area contributed by atoms with Gasteiger partial charge in [-0.25, -0.2) is 4.79 Å². The van der Waals surface area contributed by atoms with E-state index < -0.39 is 12.1 Å². The molecule has 22 heavy (non-hydrogen) atoms. The SMILES string of the molecule is CO[C@@H]1C[C@@H](C(=O)C(C)C)N(C(=O)OCc2ccccc2)C1. The molecule has 0 saturated carbocycles. The van der Waals surface area contributed by atoms with Crippen LogP contribution < -0.4 is 0 Å². The summed E-state index contributed by atoms with van der Waals surface area (Å²) >= 11 is 0. The quantitative estimate of drug-likeness (QED) is 0.839. The summed E-state index contributed by atoms with van der Waals surface area (Å²) < 4.78 is 10.7. The van der Waals surface area contributed by atoms with Crippen LogP contribution >= 0.6 is 0 Å². The Hall–Kier alpha value is -1.88. The Bertz CT molecular complexity index is 515. The van der Waals surface area contributed by atoms with E-state index in [2.05, 4.69) is 0 Å². The van der Waals surface area contributed by atoms with Crippen LogP contribution in [0.1, 0.15) is 25.8 Å². The van der Waals surface area contributed by atoms with Gasteiger partial charge >= 0.3 is 6.09 Å². The van der Waals surface area contributed by atoms with E-state index in [9.17, 15) is 9.59 Å². The average Bonchev–Trinajstić information content (AvgIpc) is 2.97. The summed E-state index contributed by atoms with van der Waals surface area (Å²) in [4.78, 5) is 26.1. The van der Waals surface area contributed by atoms with Gasteiger partial charge in [0.1, 0.15) is 6.61 Å². The summed E-state index contributed by atoms with van der Waals surface area (Å²) in [5.41, 5.74) is 0.921. The number of benzene rings is 1. The molecule has 2 rings (SSSR count). The Morgan fingerprint density at radius 1 is 1.27 bits per heavy atom. The van der Waals surface area contributed by atoms with E-state index in [1.54, 1.807) is 7.11 Å². The van der Waals surface area contributed by atoms with Crippen LogP contribution in [0.4, 0.5) is 4.79 Å². The zero-order valence-corrected chi connectivity index (χ0v) is 13.3. The van der Waals surface area contributed by atoms with Crippen molar-refractivity contribution >= 4 is 11.9 Å². The largest absolute Gasteiger partial charge is 0.445 e. The molecule has 0 aliphatic carbocycles. The molecule has 1 heterocycles. The molecule has 1 aliphatic rings. The molecule has 1 saturated heterocycles. The van der Waals surface area contributed by atoms with Gasteiger partial charge in [0.15, 0.2) is 5.78 Å². The summed E-state index contributed by atoms with van der Waals surface area (Å²) in [6.45, 7) is 4.29. The molecule has 1 aromatic carbocycles. The molecule has 2 atom stereocenters. The molecule has 0 radical (unpaired) electrons. The number of likely N-dealkylation sites (tertiary alicyclic amines) is 1. The summed E-state index contributed by atoms with van der Waals surface area (Å²) in [6.07, 6.45) is -0.0344. The first-order chi connectivity index (χ1) is 10.5. The number of carbonyl (C=O) groups excluding carboxylic acids is 2. The van der Waals surface area contributed by atoms with E-state index >= 15 is 0 Å². The molecule has 0 N–H and O–H groups in total. The number of hydrogen-bond acceptors (Lipinski definition) is 4. The topological polar surface area (TPSA) is 55.8 Å². The Balaban J connectivity index is 2.00. The van der Waals surface area contributed by atoms with Gasteiger partial charge in [-0.2, -0.15) is 0 Å². The highest BCUT2D eigenvalue weighted by Crippen LogP contribution is 2.24. The lowest BCUT2D eigenvalue weighted by molar-refractivity contribution is -0.126. The molecular formula is C17H23NO4. The van der Waals surface area contributed by atoms with E-state index in [1.165, 1.54) is 4.90 Å². The second kappa shape index (κ2) is 7.40. The van der Waals surface area contributed by atoms with Gasteiger partial charge in [-0.15, -0.1) is 0 Å². The fourth-order valence-electron chi connectivity index (χ4n) is 2.63. The number of ketones is 1. The van der Waals surface area contributed by atoms with Gasteiger partial charge < -0.3 is 9.47 Å². The van der Waals surface area contributed by atoms with Gasteiger partial charge in [-0.1, -0.05) is 44.2 Å². The van der Waals surface area contributed by atoms with Gasteiger partial charge in [-0.3, -0.25) is 9.69 Å². The molecule has 5 nitrogen and oxygen atoms in total. The fourth-order valence-corrected chi connectivity index (χ4v) is 2.63. The van der Waals surface area contributed by atoms with Crippen molar-refractivity contribution in [2.24, 2.45) is 5.92 Å². The number of carbonyl (C=O) groups is 2. The van der Waals surface area contributed by atoms with Crippen LogP contribution in [-0.4, -0.2) is 42.6 Å². The zero-order valence-electron chi connectivity index (χ0n) is 13.3. The minimum Gasteiger partial charge on any atom is -0.445 e. The minimum absolute atomic E-state index is 0.0520. The van der Waals surface area contributed by atoms with Crippen molar-refractivity contribution in [1.82, 2.24) is 4.90 Å². The smallest absolute Gasteiger partial charge is 0.410 e. The van der Waals surface area contributed by atoms with Crippen molar-refractivity contribution < 1.29 is 19.1 Å². The molecule has 1 amide bonds. The monoisotopic (exact) mass is 305 g/mol. The van der Waals surface area contributed by atoms with Crippen LogP contribution in [0.3, 0.4) is 0 Å². The maximum Gasteiger partial charge on any atom is 0.410 e. The molecule has 1 aromatic rings. The Morgan fingerprint density at radius 2 is 1.95 bits per heavy atom. The first kappa shape index (κ1) is 16.5. The molecule has 0 spiro atoms. The number of methoxy groups -OCH3 is 1. The normalized spacial score (nSPS) is 21.2. The third-order valence-electron chi connectivity index (χ3n) is 3.93. The maximum atomic E-state index is 12.3. The number of ether oxygens (including phenoxy) is 2. The molecule has 0 bridgehead atoms. The molecular weight excluding hydrogens is 282 g/mol. The Labute approximate surface area is 131 Å². The minimum atomic E-state index is -0.456. The number of hydrogen-bond donors (Lipinski definition) is 0. The van der Waals surface area contributed by atoms with Crippen LogP contribution in [0.5, 0.6) is 0 Å². The van der Waals surface area contributed by atoms with Gasteiger partial charge in [0, 0.05) is 19.4 Å². The highest BCUT2D eigenvalue weighted by atomic mass is 16.6. The van der Waals surface area contributed by atoms with Crippen LogP contribution in [0, 0.1) is 5.92 Å². The Kier molecular flexibility index (Phi) is 5.55. The predicted molar refractivity (Wildman–Crippen MR) is 82.4 cm³/mol. The molecule has 1 aliphatic heterocycles. The van der Waals surface area contributed by atoms with Gasteiger partial charge in [0.05, 0.1) is 18.7 Å². The Morgan fingerprint density at radius 3 is 2.55 bits per heavy atom. The van der Waals surface area contributed by atoms with Crippen LogP contribution in [0.2, 0.25) is 0 Å². The van der Waals surface area contributed by atoms with E-state index in [0.29, 0.717) is 13.0 Å². The summed E-state index contributed by atoms with van der Waals surface area (Å²) in [5.74, 6) is -0.0683. The van der Waals surface area contributed by atoms with E-state index in [-0.39, 0.29) is 24.4 Å². The number of rotatable bonds is 5. The third kappa shape index (κ3) is 3.85. The summed E-state index contributed by atoms with van der Waals surface area (Å²) in [6, 6.07) is 9.04. The highest BCUT2D eigenvalue weighted by molar-refractivity contribution is 5.89. The lowest BCUT2D eigenvalue weighted by Crippen LogP contribution is -2.42. The first-order valence-corrected chi connectivity index (χ1v) is 7.56. The van der Waals surface area contributed by atoms with Crippen molar-refractivity contribution in [3.63, 3.8) is 0 Å². The third-order valence-corrected chi connectivity index (χ3v) is 3.93. The van der Waals surface area contributed by atoms with Crippen LogP contribution in [0.25, 0.3) is 0 Å².